The Hall–Kier alpha value is -2.71. The molecule has 144 valence electrons. The van der Waals surface area contributed by atoms with Crippen molar-refractivity contribution in [3.8, 4) is 0 Å². The van der Waals surface area contributed by atoms with Crippen LogP contribution in [0.2, 0.25) is 0 Å². The molecule has 1 saturated heterocycles. The summed E-state index contributed by atoms with van der Waals surface area (Å²) in [6.45, 7) is 1.46. The van der Waals surface area contributed by atoms with Crippen molar-refractivity contribution in [2.24, 2.45) is 5.10 Å². The van der Waals surface area contributed by atoms with Crippen LogP contribution in [0.25, 0.3) is 0 Å². The van der Waals surface area contributed by atoms with Gasteiger partial charge in [0.15, 0.2) is 12.1 Å². The third kappa shape index (κ3) is 2.48. The lowest BCUT2D eigenvalue weighted by Crippen LogP contribution is -2.56. The third-order valence-corrected chi connectivity index (χ3v) is 7.24. The van der Waals surface area contributed by atoms with Crippen LogP contribution in [0.5, 0.6) is 0 Å². The first kappa shape index (κ1) is 17.4. The molecular formula is C20H20N4O3S. The molecule has 1 amide bonds. The number of likely N-dealkylation sites (tertiary alicyclic amines) is 1. The Balaban J connectivity index is 1.64. The first-order valence-corrected chi connectivity index (χ1v) is 10.9. The van der Waals surface area contributed by atoms with Gasteiger partial charge in [-0.25, -0.2) is 12.7 Å². The Morgan fingerprint density at radius 1 is 0.929 bits per heavy atom. The number of sulfonamides is 1. The molecule has 5 rings (SSSR count). The number of rotatable bonds is 2. The molecule has 8 heteroatoms. The molecule has 2 aromatic rings. The highest BCUT2D eigenvalue weighted by atomic mass is 32.2. The Kier molecular flexibility index (Phi) is 3.99. The zero-order chi connectivity index (χ0) is 19.3. The fourth-order valence-electron chi connectivity index (χ4n) is 4.11. The summed E-state index contributed by atoms with van der Waals surface area (Å²) in [5, 5.41) is 5.86. The fraction of sp³-hybridized carbons (Fsp3) is 0.300. The van der Waals surface area contributed by atoms with Gasteiger partial charge in [0.05, 0.1) is 4.90 Å². The van der Waals surface area contributed by atoms with Gasteiger partial charge in [-0.3, -0.25) is 9.69 Å². The molecule has 0 aromatic heterocycles. The van der Waals surface area contributed by atoms with Gasteiger partial charge in [-0.1, -0.05) is 36.8 Å². The van der Waals surface area contributed by atoms with Crippen LogP contribution in [-0.2, 0) is 10.0 Å². The average molecular weight is 396 g/mol. The Labute approximate surface area is 163 Å². The smallest absolute Gasteiger partial charge is 0.267 e. The summed E-state index contributed by atoms with van der Waals surface area (Å²) in [6, 6.07) is 15.7. The van der Waals surface area contributed by atoms with Gasteiger partial charge in [0.25, 0.3) is 15.9 Å². The molecule has 28 heavy (non-hydrogen) atoms. The van der Waals surface area contributed by atoms with Crippen LogP contribution in [0.1, 0.15) is 35.2 Å². The summed E-state index contributed by atoms with van der Waals surface area (Å²) in [7, 11) is -3.76. The Morgan fingerprint density at radius 3 is 2.36 bits per heavy atom. The molecule has 2 aromatic carbocycles. The monoisotopic (exact) mass is 396 g/mol. The van der Waals surface area contributed by atoms with Crippen LogP contribution >= 0.6 is 0 Å². The van der Waals surface area contributed by atoms with Crippen molar-refractivity contribution in [3.63, 3.8) is 0 Å². The van der Waals surface area contributed by atoms with E-state index < -0.39 is 16.3 Å². The van der Waals surface area contributed by atoms with Gasteiger partial charge < -0.3 is 0 Å². The largest absolute Gasteiger partial charge is 0.277 e. The molecule has 0 spiro atoms. The molecule has 0 N–H and O–H groups in total. The standard InChI is InChI=1S/C20H20N4O3S/c25-19(15-9-3-1-4-10-15)23-20(22-13-7-2-8-14-22)24-18(21-23)16-11-5-6-12-17(16)28(24,26)27/h1,3-6,9-12,20H,2,7-8,13-14H2/t20-/m1/s1. The van der Waals surface area contributed by atoms with Crippen molar-refractivity contribution in [1.82, 2.24) is 14.2 Å². The summed E-state index contributed by atoms with van der Waals surface area (Å²) in [5.41, 5.74) is 1.04. The maximum Gasteiger partial charge on any atom is 0.277 e. The summed E-state index contributed by atoms with van der Waals surface area (Å²) in [6.07, 6.45) is 2.29. The highest BCUT2D eigenvalue weighted by Crippen LogP contribution is 2.39. The number of hydrogen-bond donors (Lipinski definition) is 0. The number of amidine groups is 1. The lowest BCUT2D eigenvalue weighted by Gasteiger charge is -2.38. The number of benzene rings is 2. The molecule has 0 radical (unpaired) electrons. The second-order valence-corrected chi connectivity index (χ2v) is 8.96. The lowest BCUT2D eigenvalue weighted by atomic mass is 10.1. The number of carbonyl (C=O) groups is 1. The van der Waals surface area contributed by atoms with E-state index >= 15 is 0 Å². The maximum atomic E-state index is 13.3. The van der Waals surface area contributed by atoms with E-state index in [1.54, 1.807) is 48.5 Å². The lowest BCUT2D eigenvalue weighted by molar-refractivity contribution is 0.00557. The summed E-state index contributed by atoms with van der Waals surface area (Å²) in [4.78, 5) is 15.5. The number of hydrogen-bond acceptors (Lipinski definition) is 5. The van der Waals surface area contributed by atoms with Gasteiger partial charge in [-0.15, -0.1) is 5.10 Å². The molecule has 0 bridgehead atoms. The first-order valence-electron chi connectivity index (χ1n) is 9.44. The summed E-state index contributed by atoms with van der Waals surface area (Å²) >= 11 is 0. The van der Waals surface area contributed by atoms with E-state index in [0.29, 0.717) is 17.0 Å². The van der Waals surface area contributed by atoms with Crippen molar-refractivity contribution in [3.05, 3.63) is 65.7 Å². The molecule has 0 aliphatic carbocycles. The Bertz CT molecular complexity index is 1060. The van der Waals surface area contributed by atoms with Crippen molar-refractivity contribution >= 4 is 21.8 Å². The van der Waals surface area contributed by atoms with Crippen LogP contribution in [0.4, 0.5) is 0 Å². The number of fused-ring (bicyclic) bond motifs is 3. The van der Waals surface area contributed by atoms with Gasteiger partial charge in [0.2, 0.25) is 0 Å². The molecule has 0 unspecified atom stereocenters. The highest BCUT2D eigenvalue weighted by Gasteiger charge is 2.53. The van der Waals surface area contributed by atoms with Gasteiger partial charge in [0.1, 0.15) is 0 Å². The zero-order valence-corrected chi connectivity index (χ0v) is 16.0. The fourth-order valence-corrected chi connectivity index (χ4v) is 5.85. The van der Waals surface area contributed by atoms with Crippen molar-refractivity contribution < 1.29 is 13.2 Å². The number of carbonyl (C=O) groups excluding carboxylic acids is 1. The molecule has 0 saturated carbocycles. The van der Waals surface area contributed by atoms with Gasteiger partial charge in [0, 0.05) is 24.2 Å². The van der Waals surface area contributed by atoms with Gasteiger partial charge >= 0.3 is 0 Å². The molecule has 1 atom stereocenters. The van der Waals surface area contributed by atoms with E-state index in [1.807, 2.05) is 11.0 Å². The van der Waals surface area contributed by atoms with Crippen LogP contribution in [0.15, 0.2) is 64.6 Å². The molecular weight excluding hydrogens is 376 g/mol. The van der Waals surface area contributed by atoms with Crippen LogP contribution < -0.4 is 0 Å². The van der Waals surface area contributed by atoms with Crippen molar-refractivity contribution in [2.45, 2.75) is 30.4 Å². The minimum Gasteiger partial charge on any atom is -0.267 e. The minimum absolute atomic E-state index is 0.252. The van der Waals surface area contributed by atoms with Crippen molar-refractivity contribution in [1.29, 1.82) is 0 Å². The topological polar surface area (TPSA) is 73.3 Å². The molecule has 7 nitrogen and oxygen atoms in total. The third-order valence-electron chi connectivity index (χ3n) is 5.45. The number of piperidine rings is 1. The van der Waals surface area contributed by atoms with E-state index in [1.165, 1.54) is 9.31 Å². The van der Waals surface area contributed by atoms with Crippen LogP contribution in [0.3, 0.4) is 0 Å². The Morgan fingerprint density at radius 2 is 1.61 bits per heavy atom. The highest BCUT2D eigenvalue weighted by molar-refractivity contribution is 7.90. The SMILES string of the molecule is O=C(c1ccccc1)N1N=C2c3ccccc3S(=O)(=O)N2[C@@H]1N1CCCCC1. The number of hydrazone groups is 1. The van der Waals surface area contributed by atoms with Gasteiger partial charge in [-0.05, 0) is 37.1 Å². The van der Waals surface area contributed by atoms with E-state index in [0.717, 1.165) is 32.4 Å². The number of amides is 1. The van der Waals surface area contributed by atoms with Crippen molar-refractivity contribution in [2.75, 3.05) is 13.1 Å². The molecule has 3 aliphatic rings. The summed E-state index contributed by atoms with van der Waals surface area (Å²) < 4.78 is 27.9. The quantitative estimate of drug-likeness (QED) is 0.781. The number of nitrogens with zero attached hydrogens (tertiary/aromatic N) is 4. The first-order chi connectivity index (χ1) is 13.6. The average Bonchev–Trinajstić information content (AvgIpc) is 3.24. The van der Waals surface area contributed by atoms with E-state index in [-0.39, 0.29) is 10.8 Å². The van der Waals surface area contributed by atoms with E-state index in [4.69, 9.17) is 0 Å². The van der Waals surface area contributed by atoms with Crippen LogP contribution in [-0.4, -0.2) is 53.8 Å². The minimum atomic E-state index is -3.76. The molecule has 1 fully saturated rings. The normalized spacial score (nSPS) is 23.3. The second-order valence-electron chi connectivity index (χ2n) is 7.18. The predicted molar refractivity (Wildman–Crippen MR) is 104 cm³/mol. The predicted octanol–water partition coefficient (Wildman–Crippen LogP) is 2.28. The zero-order valence-electron chi connectivity index (χ0n) is 15.2. The molecule has 3 aliphatic heterocycles. The van der Waals surface area contributed by atoms with E-state index in [2.05, 4.69) is 5.10 Å². The maximum absolute atomic E-state index is 13.3. The second kappa shape index (κ2) is 6.42. The summed E-state index contributed by atoms with van der Waals surface area (Å²) in [5.74, 6) is 0.0289. The van der Waals surface area contributed by atoms with Gasteiger partial charge in [-0.2, -0.15) is 5.01 Å². The molecule has 3 heterocycles. The van der Waals surface area contributed by atoms with Crippen LogP contribution in [0, 0.1) is 0 Å². The van der Waals surface area contributed by atoms with E-state index in [9.17, 15) is 13.2 Å².